The molecule has 4 aromatic rings. The monoisotopic (exact) mass is 556 g/mol. The molecule has 4 N–H and O–H groups in total. The van der Waals surface area contributed by atoms with Crippen LogP contribution in [0.15, 0.2) is 91.0 Å². The Morgan fingerprint density at radius 3 is 1.85 bits per heavy atom. The SMILES string of the molecule is COc1cc(CC(C(=O)CC(O)C(Cc2ccccc2)Cc2ccc(O)c(OC)c2)c2cccc(O)c2)ccc1O. The molecule has 7 heteroatoms. The van der Waals surface area contributed by atoms with Gasteiger partial charge in [0.25, 0.3) is 0 Å². The van der Waals surface area contributed by atoms with Crippen molar-refractivity contribution in [2.75, 3.05) is 14.2 Å². The minimum Gasteiger partial charge on any atom is -0.508 e. The van der Waals surface area contributed by atoms with Gasteiger partial charge in [-0.15, -0.1) is 0 Å². The second-order valence-electron chi connectivity index (χ2n) is 10.3. The van der Waals surface area contributed by atoms with Crippen molar-refractivity contribution in [1.82, 2.24) is 0 Å². The first kappa shape index (κ1) is 29.5. The van der Waals surface area contributed by atoms with Crippen LogP contribution in [0.25, 0.3) is 0 Å². The van der Waals surface area contributed by atoms with Crippen LogP contribution in [0.1, 0.15) is 34.6 Å². The van der Waals surface area contributed by atoms with E-state index in [9.17, 15) is 25.2 Å². The van der Waals surface area contributed by atoms with Gasteiger partial charge in [0.2, 0.25) is 0 Å². The number of methoxy groups -OCH3 is 2. The lowest BCUT2D eigenvalue weighted by atomic mass is 9.81. The highest BCUT2D eigenvalue weighted by Crippen LogP contribution is 2.33. The number of ketones is 1. The number of aromatic hydroxyl groups is 3. The summed E-state index contributed by atoms with van der Waals surface area (Å²) in [5, 5.41) is 41.7. The fraction of sp³-hybridized carbons (Fsp3) is 0.265. The number of carbonyl (C=O) groups is 1. The molecular formula is C34H36O7. The van der Waals surface area contributed by atoms with Gasteiger partial charge in [-0.1, -0.05) is 54.6 Å². The maximum atomic E-state index is 13.9. The van der Waals surface area contributed by atoms with E-state index in [0.29, 0.717) is 36.3 Å². The zero-order valence-corrected chi connectivity index (χ0v) is 23.2. The van der Waals surface area contributed by atoms with Crippen molar-refractivity contribution in [1.29, 1.82) is 0 Å². The van der Waals surface area contributed by atoms with Crippen LogP contribution in [0.3, 0.4) is 0 Å². The molecule has 3 unspecified atom stereocenters. The van der Waals surface area contributed by atoms with E-state index >= 15 is 0 Å². The number of hydrogen-bond donors (Lipinski definition) is 4. The molecule has 4 aromatic carbocycles. The van der Waals surface area contributed by atoms with Gasteiger partial charge in [-0.3, -0.25) is 4.79 Å². The minimum absolute atomic E-state index is 0.00141. The van der Waals surface area contributed by atoms with Crippen molar-refractivity contribution in [3.8, 4) is 28.7 Å². The summed E-state index contributed by atoms with van der Waals surface area (Å²) in [6, 6.07) is 26.4. The van der Waals surface area contributed by atoms with Crippen molar-refractivity contribution >= 4 is 5.78 Å². The highest BCUT2D eigenvalue weighted by molar-refractivity contribution is 5.86. The predicted molar refractivity (Wildman–Crippen MR) is 157 cm³/mol. The topological polar surface area (TPSA) is 116 Å². The fourth-order valence-electron chi connectivity index (χ4n) is 5.17. The molecule has 0 saturated heterocycles. The lowest BCUT2D eigenvalue weighted by Crippen LogP contribution is -2.30. The summed E-state index contributed by atoms with van der Waals surface area (Å²) in [6.07, 6.45) is 0.250. The van der Waals surface area contributed by atoms with E-state index < -0.39 is 12.0 Å². The molecule has 0 aliphatic rings. The van der Waals surface area contributed by atoms with E-state index in [1.807, 2.05) is 30.3 Å². The first-order valence-corrected chi connectivity index (χ1v) is 13.5. The quantitative estimate of drug-likeness (QED) is 0.170. The number of carbonyl (C=O) groups excluding carboxylic acids is 1. The van der Waals surface area contributed by atoms with E-state index in [0.717, 1.165) is 16.7 Å². The first-order chi connectivity index (χ1) is 19.8. The molecule has 0 spiro atoms. The van der Waals surface area contributed by atoms with Gasteiger partial charge in [0, 0.05) is 12.3 Å². The number of ether oxygens (including phenoxy) is 2. The third-order valence-corrected chi connectivity index (χ3v) is 7.38. The average Bonchev–Trinajstić information content (AvgIpc) is 2.97. The van der Waals surface area contributed by atoms with Crippen LogP contribution in [-0.2, 0) is 24.1 Å². The normalized spacial score (nSPS) is 13.2. The summed E-state index contributed by atoms with van der Waals surface area (Å²) in [5.41, 5.74) is 3.31. The van der Waals surface area contributed by atoms with E-state index in [2.05, 4.69) is 0 Å². The van der Waals surface area contributed by atoms with Gasteiger partial charge in [0.15, 0.2) is 23.0 Å². The second kappa shape index (κ2) is 13.7. The molecule has 4 rings (SSSR count). The van der Waals surface area contributed by atoms with Crippen LogP contribution in [0, 0.1) is 5.92 Å². The van der Waals surface area contributed by atoms with Gasteiger partial charge in [-0.05, 0) is 83.8 Å². The van der Waals surface area contributed by atoms with Crippen molar-refractivity contribution in [2.24, 2.45) is 5.92 Å². The summed E-state index contributed by atoms with van der Waals surface area (Å²) < 4.78 is 10.5. The number of phenolic OH excluding ortho intramolecular Hbond substituents is 3. The average molecular weight is 557 g/mol. The Morgan fingerprint density at radius 2 is 1.27 bits per heavy atom. The lowest BCUT2D eigenvalue weighted by molar-refractivity contribution is -0.123. The highest BCUT2D eigenvalue weighted by Gasteiger charge is 2.29. The van der Waals surface area contributed by atoms with Gasteiger partial charge < -0.3 is 29.9 Å². The molecular weight excluding hydrogens is 520 g/mol. The number of benzene rings is 4. The Labute approximate surface area is 240 Å². The molecule has 0 aromatic heterocycles. The number of phenols is 3. The van der Waals surface area contributed by atoms with Crippen LogP contribution < -0.4 is 9.47 Å². The smallest absolute Gasteiger partial charge is 0.160 e. The summed E-state index contributed by atoms with van der Waals surface area (Å²) >= 11 is 0. The molecule has 0 bridgehead atoms. The lowest BCUT2D eigenvalue weighted by Gasteiger charge is -2.25. The number of rotatable bonds is 13. The number of aliphatic hydroxyl groups is 1. The molecule has 0 amide bonds. The van der Waals surface area contributed by atoms with E-state index in [1.165, 1.54) is 20.3 Å². The molecule has 0 aliphatic carbocycles. The largest absolute Gasteiger partial charge is 0.508 e. The number of Topliss-reactive ketones (excluding diaryl/α,β-unsaturated/α-hetero) is 1. The Kier molecular flexibility index (Phi) is 9.87. The van der Waals surface area contributed by atoms with Gasteiger partial charge in [-0.2, -0.15) is 0 Å². The van der Waals surface area contributed by atoms with Crippen molar-refractivity contribution in [3.63, 3.8) is 0 Å². The third-order valence-electron chi connectivity index (χ3n) is 7.38. The molecule has 3 atom stereocenters. The van der Waals surface area contributed by atoms with E-state index in [4.69, 9.17) is 9.47 Å². The molecule has 0 fully saturated rings. The zero-order chi connectivity index (χ0) is 29.4. The standard InChI is InChI=1S/C34H36O7/c1-40-33-18-23(11-13-29(33)36)16-26(15-22-7-4-3-5-8-22)31(38)21-32(39)28(25-9-6-10-27(35)20-25)17-24-12-14-30(37)34(19-24)41-2/h3-14,18-20,26,28,31,35-38H,15-17,21H2,1-2H3. The Bertz CT molecular complexity index is 1450. The molecule has 7 nitrogen and oxygen atoms in total. The first-order valence-electron chi connectivity index (χ1n) is 13.5. The summed E-state index contributed by atoms with van der Waals surface area (Å²) in [7, 11) is 2.95. The molecule has 0 saturated carbocycles. The maximum absolute atomic E-state index is 13.9. The van der Waals surface area contributed by atoms with Crippen molar-refractivity contribution in [2.45, 2.75) is 37.7 Å². The van der Waals surface area contributed by atoms with Gasteiger partial charge in [0.05, 0.1) is 20.3 Å². The fourth-order valence-corrected chi connectivity index (χ4v) is 5.17. The van der Waals surface area contributed by atoms with Crippen LogP contribution in [0.4, 0.5) is 0 Å². The van der Waals surface area contributed by atoms with Gasteiger partial charge in [0.1, 0.15) is 11.5 Å². The predicted octanol–water partition coefficient (Wildman–Crippen LogP) is 5.57. The van der Waals surface area contributed by atoms with Crippen LogP contribution in [0.2, 0.25) is 0 Å². The second-order valence-corrected chi connectivity index (χ2v) is 10.3. The molecule has 41 heavy (non-hydrogen) atoms. The molecule has 214 valence electrons. The Hall–Kier alpha value is -4.49. The van der Waals surface area contributed by atoms with Crippen LogP contribution in [0.5, 0.6) is 28.7 Å². The Balaban J connectivity index is 1.61. The third kappa shape index (κ3) is 7.80. The Morgan fingerprint density at radius 1 is 0.683 bits per heavy atom. The van der Waals surface area contributed by atoms with Gasteiger partial charge >= 0.3 is 0 Å². The molecule has 0 radical (unpaired) electrons. The number of aliphatic hydroxyl groups excluding tert-OH is 1. The molecule has 0 aliphatic heterocycles. The summed E-state index contributed by atoms with van der Waals surface area (Å²) in [5.74, 6) is -0.375. The van der Waals surface area contributed by atoms with Gasteiger partial charge in [-0.25, -0.2) is 0 Å². The number of hydrogen-bond acceptors (Lipinski definition) is 7. The summed E-state index contributed by atoms with van der Waals surface area (Å²) in [4.78, 5) is 13.9. The maximum Gasteiger partial charge on any atom is 0.160 e. The summed E-state index contributed by atoms with van der Waals surface area (Å²) in [6.45, 7) is 0. The minimum atomic E-state index is -0.961. The zero-order valence-electron chi connectivity index (χ0n) is 23.2. The van der Waals surface area contributed by atoms with E-state index in [-0.39, 0.29) is 35.4 Å². The van der Waals surface area contributed by atoms with Crippen LogP contribution in [-0.4, -0.2) is 46.5 Å². The van der Waals surface area contributed by atoms with Crippen LogP contribution >= 0.6 is 0 Å². The van der Waals surface area contributed by atoms with E-state index in [1.54, 1.807) is 54.6 Å². The molecule has 0 heterocycles. The van der Waals surface area contributed by atoms with Crippen molar-refractivity contribution in [3.05, 3.63) is 113 Å². The highest BCUT2D eigenvalue weighted by atomic mass is 16.5. The van der Waals surface area contributed by atoms with Crippen molar-refractivity contribution < 1.29 is 34.7 Å².